The van der Waals surface area contributed by atoms with Crippen LogP contribution in [-0.4, -0.2) is 10.9 Å². The number of carbonyl (C=O) groups is 1. The van der Waals surface area contributed by atoms with E-state index in [1.807, 2.05) is 36.4 Å². The van der Waals surface area contributed by atoms with Gasteiger partial charge in [0.05, 0.1) is 6.42 Å². The summed E-state index contributed by atoms with van der Waals surface area (Å²) in [6, 6.07) is 11.5. The molecule has 19 heavy (non-hydrogen) atoms. The van der Waals surface area contributed by atoms with Crippen molar-refractivity contribution in [3.63, 3.8) is 0 Å². The van der Waals surface area contributed by atoms with Crippen LogP contribution in [0, 0.1) is 0 Å². The number of hydrogen-bond acceptors (Lipinski definition) is 3. The molecule has 1 aromatic carbocycles. The van der Waals surface area contributed by atoms with Crippen LogP contribution in [-0.2, 0) is 24.3 Å². The average Bonchev–Trinajstić information content (AvgIpc) is 2.47. The molecule has 4 heteroatoms. The zero-order valence-corrected chi connectivity index (χ0v) is 10.7. The average molecular weight is 255 g/mol. The van der Waals surface area contributed by atoms with Crippen molar-refractivity contribution in [3.8, 4) is 0 Å². The Kier molecular flexibility index (Phi) is 4.64. The van der Waals surface area contributed by atoms with Crippen molar-refractivity contribution < 1.29 is 4.79 Å². The molecule has 98 valence electrons. The second-order valence-corrected chi connectivity index (χ2v) is 4.28. The number of nitrogens with one attached hydrogen (secondary N) is 1. The van der Waals surface area contributed by atoms with Gasteiger partial charge in [-0.25, -0.2) is 0 Å². The molecule has 2 rings (SSSR count). The Morgan fingerprint density at radius 2 is 1.79 bits per heavy atom. The first kappa shape index (κ1) is 13.2. The fourth-order valence-electron chi connectivity index (χ4n) is 1.87. The molecule has 0 saturated heterocycles. The van der Waals surface area contributed by atoms with Gasteiger partial charge >= 0.3 is 0 Å². The van der Waals surface area contributed by atoms with Gasteiger partial charge < -0.3 is 11.1 Å². The number of nitrogens with two attached hydrogens (primary N) is 1. The second kappa shape index (κ2) is 6.66. The van der Waals surface area contributed by atoms with Crippen LogP contribution in [0.1, 0.15) is 16.7 Å². The predicted octanol–water partition coefficient (Wildman–Crippen LogP) is 1.40. The number of aromatic nitrogens is 1. The Hall–Kier alpha value is -2.20. The van der Waals surface area contributed by atoms with Gasteiger partial charge in [0.2, 0.25) is 5.91 Å². The fraction of sp³-hybridized carbons (Fsp3) is 0.200. The van der Waals surface area contributed by atoms with Crippen molar-refractivity contribution in [2.75, 3.05) is 0 Å². The maximum Gasteiger partial charge on any atom is 0.224 e. The van der Waals surface area contributed by atoms with Crippen LogP contribution in [0.15, 0.2) is 48.8 Å². The summed E-state index contributed by atoms with van der Waals surface area (Å²) in [5.74, 6) is -0.00212. The summed E-state index contributed by atoms with van der Waals surface area (Å²) in [5, 5.41) is 2.89. The minimum Gasteiger partial charge on any atom is -0.352 e. The van der Waals surface area contributed by atoms with Gasteiger partial charge in [-0.1, -0.05) is 24.3 Å². The molecular weight excluding hydrogens is 238 g/mol. The minimum absolute atomic E-state index is 0.00212. The molecule has 0 atom stereocenters. The van der Waals surface area contributed by atoms with E-state index in [0.29, 0.717) is 19.5 Å². The first-order valence-corrected chi connectivity index (χ1v) is 6.22. The molecule has 0 aliphatic heterocycles. The predicted molar refractivity (Wildman–Crippen MR) is 74.1 cm³/mol. The van der Waals surface area contributed by atoms with Crippen molar-refractivity contribution >= 4 is 5.91 Å². The highest BCUT2D eigenvalue weighted by molar-refractivity contribution is 5.78. The van der Waals surface area contributed by atoms with Crippen molar-refractivity contribution in [1.29, 1.82) is 0 Å². The second-order valence-electron chi connectivity index (χ2n) is 4.28. The molecule has 0 aliphatic rings. The Balaban J connectivity index is 1.91. The van der Waals surface area contributed by atoms with Crippen LogP contribution >= 0.6 is 0 Å². The van der Waals surface area contributed by atoms with Gasteiger partial charge in [0, 0.05) is 25.5 Å². The Morgan fingerprint density at radius 1 is 1.11 bits per heavy atom. The van der Waals surface area contributed by atoms with E-state index in [1.54, 1.807) is 12.4 Å². The van der Waals surface area contributed by atoms with Crippen LogP contribution in [0.2, 0.25) is 0 Å². The third kappa shape index (κ3) is 3.89. The molecule has 0 aliphatic carbocycles. The van der Waals surface area contributed by atoms with E-state index in [4.69, 9.17) is 5.73 Å². The summed E-state index contributed by atoms with van der Waals surface area (Å²) < 4.78 is 0. The zero-order valence-electron chi connectivity index (χ0n) is 10.7. The summed E-state index contributed by atoms with van der Waals surface area (Å²) in [6.45, 7) is 0.972. The topological polar surface area (TPSA) is 68.0 Å². The SMILES string of the molecule is NCc1ccccc1CC(=O)NCc1ccncc1. The quantitative estimate of drug-likeness (QED) is 0.848. The Labute approximate surface area is 112 Å². The number of hydrogen-bond donors (Lipinski definition) is 2. The van der Waals surface area contributed by atoms with Crippen molar-refractivity contribution in [3.05, 3.63) is 65.5 Å². The van der Waals surface area contributed by atoms with Crippen molar-refractivity contribution in [2.24, 2.45) is 5.73 Å². The highest BCUT2D eigenvalue weighted by Gasteiger charge is 2.06. The molecule has 0 saturated carbocycles. The maximum absolute atomic E-state index is 11.9. The maximum atomic E-state index is 11.9. The van der Waals surface area contributed by atoms with Gasteiger partial charge in [-0.3, -0.25) is 9.78 Å². The number of rotatable bonds is 5. The van der Waals surface area contributed by atoms with E-state index in [1.165, 1.54) is 0 Å². The van der Waals surface area contributed by atoms with Gasteiger partial charge in [-0.05, 0) is 28.8 Å². The Bertz CT molecular complexity index is 540. The first-order valence-electron chi connectivity index (χ1n) is 6.22. The lowest BCUT2D eigenvalue weighted by Crippen LogP contribution is -2.25. The van der Waals surface area contributed by atoms with Gasteiger partial charge in [-0.15, -0.1) is 0 Å². The van der Waals surface area contributed by atoms with Crippen LogP contribution < -0.4 is 11.1 Å². The van der Waals surface area contributed by atoms with Crippen molar-refractivity contribution in [1.82, 2.24) is 10.3 Å². The Morgan fingerprint density at radius 3 is 2.47 bits per heavy atom. The fourth-order valence-corrected chi connectivity index (χ4v) is 1.87. The lowest BCUT2D eigenvalue weighted by atomic mass is 10.0. The zero-order chi connectivity index (χ0) is 13.5. The number of nitrogens with zero attached hydrogens (tertiary/aromatic N) is 1. The molecule has 4 nitrogen and oxygen atoms in total. The molecule has 0 radical (unpaired) electrons. The first-order chi connectivity index (χ1) is 9.29. The third-order valence-corrected chi connectivity index (χ3v) is 2.93. The normalized spacial score (nSPS) is 10.2. The lowest BCUT2D eigenvalue weighted by molar-refractivity contribution is -0.120. The van der Waals surface area contributed by atoms with E-state index in [9.17, 15) is 4.79 Å². The van der Waals surface area contributed by atoms with E-state index in [2.05, 4.69) is 10.3 Å². The molecular formula is C15H17N3O. The summed E-state index contributed by atoms with van der Waals surface area (Å²) in [5.41, 5.74) is 8.69. The minimum atomic E-state index is -0.00212. The molecule has 0 bridgehead atoms. The molecule has 0 unspecified atom stereocenters. The third-order valence-electron chi connectivity index (χ3n) is 2.93. The smallest absolute Gasteiger partial charge is 0.224 e. The largest absolute Gasteiger partial charge is 0.352 e. The number of pyridine rings is 1. The highest BCUT2D eigenvalue weighted by atomic mass is 16.1. The van der Waals surface area contributed by atoms with E-state index in [0.717, 1.165) is 16.7 Å². The standard InChI is InChI=1S/C15H17N3O/c16-10-14-4-2-1-3-13(14)9-15(19)18-11-12-5-7-17-8-6-12/h1-8H,9-11,16H2,(H,18,19). The van der Waals surface area contributed by atoms with Crippen LogP contribution in [0.25, 0.3) is 0 Å². The summed E-state index contributed by atoms with van der Waals surface area (Å²) in [4.78, 5) is 15.8. The van der Waals surface area contributed by atoms with E-state index < -0.39 is 0 Å². The number of carbonyl (C=O) groups excluding carboxylic acids is 1. The molecule has 3 N–H and O–H groups in total. The van der Waals surface area contributed by atoms with Gasteiger partial charge in [0.1, 0.15) is 0 Å². The number of benzene rings is 1. The monoisotopic (exact) mass is 255 g/mol. The van der Waals surface area contributed by atoms with Gasteiger partial charge in [-0.2, -0.15) is 0 Å². The molecule has 2 aromatic rings. The molecule has 0 fully saturated rings. The van der Waals surface area contributed by atoms with Crippen LogP contribution in [0.5, 0.6) is 0 Å². The van der Waals surface area contributed by atoms with Crippen LogP contribution in [0.3, 0.4) is 0 Å². The van der Waals surface area contributed by atoms with Crippen LogP contribution in [0.4, 0.5) is 0 Å². The number of amides is 1. The molecule has 1 aromatic heterocycles. The molecule has 1 heterocycles. The van der Waals surface area contributed by atoms with Gasteiger partial charge in [0.25, 0.3) is 0 Å². The molecule has 0 spiro atoms. The van der Waals surface area contributed by atoms with Crippen molar-refractivity contribution in [2.45, 2.75) is 19.5 Å². The lowest BCUT2D eigenvalue weighted by Gasteiger charge is -2.08. The summed E-state index contributed by atoms with van der Waals surface area (Å²) in [6.07, 6.45) is 3.79. The highest BCUT2D eigenvalue weighted by Crippen LogP contribution is 2.08. The van der Waals surface area contributed by atoms with E-state index >= 15 is 0 Å². The summed E-state index contributed by atoms with van der Waals surface area (Å²) >= 11 is 0. The molecule has 1 amide bonds. The summed E-state index contributed by atoms with van der Waals surface area (Å²) in [7, 11) is 0. The van der Waals surface area contributed by atoms with E-state index in [-0.39, 0.29) is 5.91 Å². The van der Waals surface area contributed by atoms with Gasteiger partial charge in [0.15, 0.2) is 0 Å².